The number of carbonyl (C=O) groups is 5. The minimum Gasteiger partial charge on any atom is -0.462 e. The monoisotopic (exact) mass is 1580 g/mol. The van der Waals surface area contributed by atoms with Crippen molar-refractivity contribution in [1.82, 2.24) is 35.3 Å². The number of hydrogen-bond acceptors (Lipinski definition) is 22. The van der Waals surface area contributed by atoms with Crippen molar-refractivity contribution in [2.75, 3.05) is 193 Å². The van der Waals surface area contributed by atoms with Gasteiger partial charge in [0.05, 0.1) is 155 Å². The largest absolute Gasteiger partial charge is 0.462 e. The van der Waals surface area contributed by atoms with Crippen molar-refractivity contribution in [1.29, 1.82) is 5.26 Å². The van der Waals surface area contributed by atoms with Crippen LogP contribution in [0.15, 0.2) is 85.2 Å². The first kappa shape index (κ1) is 85.7. The fourth-order valence-electron chi connectivity index (χ4n) is 14.4. The zero-order valence-electron chi connectivity index (χ0n) is 63.7. The standard InChI is InChI=1S/C81H108Cl2FN11O16/c1-59(84)78(98)94-29-28-93(56-66(94)22-24-85)76-69-23-27-92(72-17-9-14-62-13-8-16-70(83)75(62)72)57-71(69)88-81(90-76)111-58-67-15-10-25-91(67)26-11-31-102-33-35-104-37-39-106-41-43-108-45-47-110-49-48-109-46-44-107-42-40-105-38-36-103-34-32-101-30-7-5-3-2-4-6-12-60-51-64(82)53-65(52-60)87-80(100)86-54-61-18-19-68-63(50-61)55-95(79(68)99)73-20-21-74(96)89-77(73)97/h8-9,13-14,16-19,50-53,66-67,73H,1-7,10-12,15,20-23,25-49,54-58H2,(H2,86,87,100)(H,89,96,97)/t66-,67-,73?/m0/s1. The van der Waals surface area contributed by atoms with Gasteiger partial charge in [0.2, 0.25) is 11.8 Å². The van der Waals surface area contributed by atoms with Gasteiger partial charge in [-0.3, -0.25) is 29.4 Å². The normalized spacial score (nSPS) is 17.2. The van der Waals surface area contributed by atoms with Gasteiger partial charge in [0, 0.05) is 104 Å². The van der Waals surface area contributed by atoms with E-state index in [9.17, 15) is 33.6 Å². The molecule has 0 spiro atoms. The average molecular weight is 1580 g/mol. The summed E-state index contributed by atoms with van der Waals surface area (Å²) in [6.07, 6.45) is 11.4. The number of ether oxygens (including phenoxy) is 11. The lowest BCUT2D eigenvalue weighted by Gasteiger charge is -2.42. The van der Waals surface area contributed by atoms with Crippen LogP contribution in [0.2, 0.25) is 10.0 Å². The van der Waals surface area contributed by atoms with Gasteiger partial charge in [-0.05, 0) is 116 Å². The fourth-order valence-corrected chi connectivity index (χ4v) is 14.9. The smallest absolute Gasteiger partial charge is 0.319 e. The number of amides is 6. The number of halogens is 3. The quantitative estimate of drug-likeness (QED) is 0.0185. The predicted octanol–water partition coefficient (Wildman–Crippen LogP) is 9.98. The highest BCUT2D eigenvalue weighted by Gasteiger charge is 2.40. The van der Waals surface area contributed by atoms with Crippen LogP contribution in [-0.4, -0.2) is 250 Å². The second-order valence-electron chi connectivity index (χ2n) is 27.9. The number of benzene rings is 4. The molecule has 0 radical (unpaired) electrons. The first-order chi connectivity index (χ1) is 54.3. The first-order valence-electron chi connectivity index (χ1n) is 39.1. The van der Waals surface area contributed by atoms with Crippen LogP contribution in [0.3, 0.4) is 0 Å². The number of fused-ring (bicyclic) bond motifs is 3. The van der Waals surface area contributed by atoms with E-state index in [0.717, 1.165) is 122 Å². The molecule has 604 valence electrons. The minimum atomic E-state index is -1.04. The molecule has 1 unspecified atom stereocenters. The van der Waals surface area contributed by atoms with Gasteiger partial charge in [-0.2, -0.15) is 15.2 Å². The van der Waals surface area contributed by atoms with Crippen molar-refractivity contribution < 1.29 is 80.5 Å². The summed E-state index contributed by atoms with van der Waals surface area (Å²) in [5.74, 6) is -2.14. The van der Waals surface area contributed by atoms with Gasteiger partial charge in [0.1, 0.15) is 18.5 Å². The number of rotatable bonds is 51. The van der Waals surface area contributed by atoms with Crippen LogP contribution in [-0.2, 0) is 94.2 Å². The summed E-state index contributed by atoms with van der Waals surface area (Å²) in [5, 5.41) is 21.1. The predicted molar refractivity (Wildman–Crippen MR) is 418 cm³/mol. The van der Waals surface area contributed by atoms with E-state index in [2.05, 4.69) is 61.5 Å². The number of nitriles is 1. The molecule has 27 nitrogen and oxygen atoms in total. The van der Waals surface area contributed by atoms with E-state index in [1.54, 1.807) is 18.2 Å². The Morgan fingerprint density at radius 1 is 0.640 bits per heavy atom. The van der Waals surface area contributed by atoms with Crippen LogP contribution in [0.25, 0.3) is 10.8 Å². The highest BCUT2D eigenvalue weighted by atomic mass is 35.5. The summed E-state index contributed by atoms with van der Waals surface area (Å²) in [4.78, 5) is 82.5. The molecule has 3 fully saturated rings. The average Bonchev–Trinajstić information content (AvgIpc) is 1.43. The highest BCUT2D eigenvalue weighted by Crippen LogP contribution is 2.38. The van der Waals surface area contributed by atoms with E-state index >= 15 is 0 Å². The van der Waals surface area contributed by atoms with Gasteiger partial charge in [0.15, 0.2) is 5.83 Å². The minimum absolute atomic E-state index is 0.0397. The van der Waals surface area contributed by atoms with E-state index in [1.165, 1.54) is 9.80 Å². The molecule has 10 rings (SSSR count). The molecule has 4 aromatic carbocycles. The third-order valence-corrected chi connectivity index (χ3v) is 20.6. The Kier molecular flexibility index (Phi) is 36.3. The molecule has 5 aliphatic heterocycles. The maximum absolute atomic E-state index is 14.1. The van der Waals surface area contributed by atoms with Crippen molar-refractivity contribution in [2.45, 2.75) is 128 Å². The van der Waals surface area contributed by atoms with Gasteiger partial charge in [-0.1, -0.05) is 91.9 Å². The molecule has 111 heavy (non-hydrogen) atoms. The van der Waals surface area contributed by atoms with Crippen LogP contribution in [0.5, 0.6) is 6.01 Å². The van der Waals surface area contributed by atoms with Gasteiger partial charge in [-0.15, -0.1) is 0 Å². The third kappa shape index (κ3) is 27.5. The Morgan fingerprint density at radius 2 is 1.26 bits per heavy atom. The maximum Gasteiger partial charge on any atom is 0.319 e. The van der Waals surface area contributed by atoms with E-state index in [4.69, 9.17) is 85.3 Å². The topological polar surface area (TPSA) is 289 Å². The molecule has 6 amide bonds. The Morgan fingerprint density at radius 3 is 1.90 bits per heavy atom. The number of piperidine rings is 1. The number of urea groups is 1. The van der Waals surface area contributed by atoms with Gasteiger partial charge >= 0.3 is 12.0 Å². The molecule has 30 heteroatoms. The number of imide groups is 1. The maximum atomic E-state index is 14.1. The van der Waals surface area contributed by atoms with E-state index in [0.29, 0.717) is 205 Å². The van der Waals surface area contributed by atoms with Crippen molar-refractivity contribution >= 4 is 80.8 Å². The van der Waals surface area contributed by atoms with Crippen LogP contribution in [0.4, 0.5) is 26.4 Å². The van der Waals surface area contributed by atoms with E-state index < -0.39 is 29.7 Å². The Hall–Kier alpha value is -7.73. The number of nitrogens with one attached hydrogen (secondary N) is 3. The van der Waals surface area contributed by atoms with Gasteiger partial charge in [0.25, 0.3) is 11.8 Å². The molecule has 3 N–H and O–H groups in total. The summed E-state index contributed by atoms with van der Waals surface area (Å²) in [6.45, 7) is 18.0. The second-order valence-corrected chi connectivity index (χ2v) is 28.8. The molecule has 3 atom stereocenters. The molecule has 0 saturated carbocycles. The Labute approximate surface area is 660 Å². The van der Waals surface area contributed by atoms with Crippen LogP contribution < -0.4 is 30.5 Å². The Bertz CT molecular complexity index is 3860. The lowest BCUT2D eigenvalue weighted by Crippen LogP contribution is -2.55. The first-order valence-corrected chi connectivity index (χ1v) is 39.9. The molecule has 0 bridgehead atoms. The molecular formula is C81H108Cl2FN11O16. The molecular weight excluding hydrogens is 1470 g/mol. The van der Waals surface area contributed by atoms with Crippen LogP contribution in [0, 0.1) is 11.3 Å². The number of nitrogens with zero attached hydrogens (tertiary/aromatic N) is 8. The van der Waals surface area contributed by atoms with Gasteiger partial charge in [-0.25, -0.2) is 9.18 Å². The Balaban J connectivity index is 0.457. The van der Waals surface area contributed by atoms with Crippen molar-refractivity contribution in [3.63, 3.8) is 0 Å². The SMILES string of the molecule is C=C(F)C(=O)N1CCN(c2nc(OC[C@@H]3CCCN3CCCOCCOCCOCCOCCOCCOCCOCCOCCOCCOCCCCCCCCc3cc(Cl)cc(NC(=O)NCc4ccc5c(c4)CN(C4CCC(=O)NC4=O)C5=O)c3)nc3c2CCN(c2cccc4cccc(Cl)c24)C3)C[C@@H]1CC#N. The zero-order chi connectivity index (χ0) is 77.8. The number of piperazine rings is 1. The fraction of sp³-hybridized carbons (Fsp3) is 0.580. The number of hydrogen-bond donors (Lipinski definition) is 3. The van der Waals surface area contributed by atoms with Crippen molar-refractivity contribution in [3.05, 3.63) is 129 Å². The summed E-state index contributed by atoms with van der Waals surface area (Å²) in [6, 6.07) is 24.1. The number of aryl methyl sites for hydroxylation is 1. The summed E-state index contributed by atoms with van der Waals surface area (Å²) in [7, 11) is 0. The van der Waals surface area contributed by atoms with Crippen LogP contribution >= 0.6 is 23.2 Å². The third-order valence-electron chi connectivity index (χ3n) is 20.0. The highest BCUT2D eigenvalue weighted by molar-refractivity contribution is 6.36. The van der Waals surface area contributed by atoms with Crippen molar-refractivity contribution in [2.24, 2.45) is 0 Å². The molecule has 1 aromatic heterocycles. The number of carbonyl (C=O) groups excluding carboxylic acids is 5. The molecule has 5 aromatic rings. The van der Waals surface area contributed by atoms with Gasteiger partial charge < -0.3 is 82.3 Å². The molecule has 6 heterocycles. The van der Waals surface area contributed by atoms with E-state index in [1.807, 2.05) is 36.4 Å². The zero-order valence-corrected chi connectivity index (χ0v) is 65.2. The lowest BCUT2D eigenvalue weighted by molar-refractivity contribution is -0.137. The second kappa shape index (κ2) is 47.1. The molecule has 0 aliphatic carbocycles. The number of aromatic nitrogens is 2. The van der Waals surface area contributed by atoms with Crippen LogP contribution in [0.1, 0.15) is 115 Å². The van der Waals surface area contributed by atoms with E-state index in [-0.39, 0.29) is 62.4 Å². The summed E-state index contributed by atoms with van der Waals surface area (Å²) < 4.78 is 77.3. The molecule has 5 aliphatic rings. The van der Waals surface area contributed by atoms with Crippen molar-refractivity contribution in [3.8, 4) is 12.1 Å². The molecule has 3 saturated heterocycles. The number of anilines is 3. The number of unbranched alkanes of at least 4 members (excludes halogenated alkanes) is 5. The lowest BCUT2D eigenvalue weighted by atomic mass is 10.0. The summed E-state index contributed by atoms with van der Waals surface area (Å²) >= 11 is 13.2. The summed E-state index contributed by atoms with van der Waals surface area (Å²) in [5.41, 5.74) is 6.62. The number of likely N-dealkylation sites (tertiary alicyclic amines) is 1.